The maximum Gasteiger partial charge on any atom is 0.435 e. The van der Waals surface area contributed by atoms with Gasteiger partial charge in [0.15, 0.2) is 5.69 Å². The second-order valence-corrected chi connectivity index (χ2v) is 8.50. The van der Waals surface area contributed by atoms with E-state index in [1.54, 1.807) is 57.2 Å². The van der Waals surface area contributed by atoms with Gasteiger partial charge in [-0.3, -0.25) is 4.79 Å². The van der Waals surface area contributed by atoms with Crippen LogP contribution in [0, 0.1) is 6.92 Å². The Bertz CT molecular complexity index is 1200. The second-order valence-electron chi connectivity index (χ2n) is 8.50. The predicted molar refractivity (Wildman–Crippen MR) is 120 cm³/mol. The summed E-state index contributed by atoms with van der Waals surface area (Å²) in [6, 6.07) is 13.6. The third kappa shape index (κ3) is 6.60. The van der Waals surface area contributed by atoms with E-state index >= 15 is 0 Å². The average Bonchev–Trinajstić information content (AvgIpc) is 3.18. The van der Waals surface area contributed by atoms with Crippen molar-refractivity contribution in [2.24, 2.45) is 0 Å². The van der Waals surface area contributed by atoms with Crippen molar-refractivity contribution in [3.63, 3.8) is 0 Å². The van der Waals surface area contributed by atoms with Gasteiger partial charge in [0.1, 0.15) is 11.3 Å². The van der Waals surface area contributed by atoms with Gasteiger partial charge in [-0.25, -0.2) is 9.48 Å². The number of hydrogen-bond acceptors (Lipinski definition) is 4. The molecule has 1 aromatic heterocycles. The zero-order valence-electron chi connectivity index (χ0n) is 18.9. The average molecular weight is 473 g/mol. The normalized spacial score (nSPS) is 11.7. The van der Waals surface area contributed by atoms with Gasteiger partial charge in [0.05, 0.1) is 5.69 Å². The van der Waals surface area contributed by atoms with Crippen LogP contribution in [0.25, 0.3) is 5.69 Å². The summed E-state index contributed by atoms with van der Waals surface area (Å²) >= 11 is 0. The van der Waals surface area contributed by atoms with Crippen molar-refractivity contribution in [3.8, 4) is 5.69 Å². The Labute approximate surface area is 194 Å². The zero-order chi connectivity index (χ0) is 25.1. The number of amides is 2. The van der Waals surface area contributed by atoms with E-state index in [0.717, 1.165) is 4.68 Å². The van der Waals surface area contributed by atoms with Crippen LogP contribution < -0.4 is 10.6 Å². The van der Waals surface area contributed by atoms with E-state index in [1.165, 1.54) is 12.1 Å². The fourth-order valence-electron chi connectivity index (χ4n) is 3.01. The Morgan fingerprint density at radius 2 is 1.76 bits per heavy atom. The van der Waals surface area contributed by atoms with Crippen molar-refractivity contribution < 1.29 is 27.5 Å². The molecule has 0 aliphatic rings. The minimum Gasteiger partial charge on any atom is -0.444 e. The number of carbonyl (C=O) groups excluding carboxylic acids is 2. The number of benzene rings is 2. The highest BCUT2D eigenvalue weighted by molar-refractivity contribution is 6.03. The van der Waals surface area contributed by atoms with Crippen molar-refractivity contribution in [2.45, 2.75) is 39.1 Å². The number of aromatic nitrogens is 2. The second kappa shape index (κ2) is 9.58. The first-order valence-electron chi connectivity index (χ1n) is 10.3. The van der Waals surface area contributed by atoms with Crippen LogP contribution in [0.2, 0.25) is 0 Å². The molecule has 3 aromatic rings. The molecule has 10 heteroatoms. The molecule has 0 unspecified atom stereocenters. The number of halogens is 3. The molecule has 2 aromatic carbocycles. The van der Waals surface area contributed by atoms with E-state index in [4.69, 9.17) is 4.74 Å². The molecule has 3 rings (SSSR count). The molecule has 1 heterocycles. The predicted octanol–water partition coefficient (Wildman–Crippen LogP) is 5.35. The van der Waals surface area contributed by atoms with Crippen LogP contribution in [0.1, 0.15) is 48.1 Å². The van der Waals surface area contributed by atoms with Crippen LogP contribution in [-0.4, -0.2) is 27.4 Å². The van der Waals surface area contributed by atoms with Gasteiger partial charge in [-0.15, -0.1) is 0 Å². The van der Waals surface area contributed by atoms with Crippen molar-refractivity contribution in [1.29, 1.82) is 0 Å². The molecule has 0 atom stereocenters. The van der Waals surface area contributed by atoms with Crippen molar-refractivity contribution >= 4 is 17.7 Å². The summed E-state index contributed by atoms with van der Waals surface area (Å²) in [6.07, 6.45) is -5.38. The lowest BCUT2D eigenvalue weighted by molar-refractivity contribution is -0.141. The minimum atomic E-state index is -4.75. The largest absolute Gasteiger partial charge is 0.444 e. The van der Waals surface area contributed by atoms with E-state index in [0.29, 0.717) is 22.9 Å². The van der Waals surface area contributed by atoms with Gasteiger partial charge >= 0.3 is 12.3 Å². The molecule has 0 saturated carbocycles. The number of nitrogens with one attached hydrogen (secondary N) is 2. The summed E-state index contributed by atoms with van der Waals surface area (Å²) < 4.78 is 46.3. The number of carbonyl (C=O) groups is 2. The first-order valence-corrected chi connectivity index (χ1v) is 10.3. The van der Waals surface area contributed by atoms with Gasteiger partial charge in [0, 0.05) is 18.3 Å². The smallest absolute Gasteiger partial charge is 0.435 e. The fraction of sp³-hybridized carbons (Fsp3) is 0.250. The Balaban J connectivity index is 1.89. The quantitative estimate of drug-likeness (QED) is 0.523. The summed E-state index contributed by atoms with van der Waals surface area (Å²) in [4.78, 5) is 24.8. The van der Waals surface area contributed by atoms with Crippen LogP contribution in [0.3, 0.4) is 0 Å². The highest BCUT2D eigenvalue weighted by atomic mass is 19.4. The standard InChI is InChI=1S/C24H24F3N4O3/c1-15-7-5-9-17(11-15)29-21(32)19-13-20(24(25,26)27)30-31(19)18-10-6-8-16(12-18)14-28-22(33)34-23(2,3)4/h5-13H,1,14H2,2-4H3,(H,28,33)(H,29,32). The van der Waals surface area contributed by atoms with Gasteiger partial charge in [-0.05, 0) is 63.1 Å². The maximum absolute atomic E-state index is 13.4. The van der Waals surface area contributed by atoms with Gasteiger partial charge in [-0.1, -0.05) is 24.3 Å². The zero-order valence-corrected chi connectivity index (χ0v) is 18.9. The number of alkyl carbamates (subject to hydrolysis) is 1. The van der Waals surface area contributed by atoms with Crippen LogP contribution in [0.15, 0.2) is 54.6 Å². The number of nitrogens with zero attached hydrogens (tertiary/aromatic N) is 2. The highest BCUT2D eigenvalue weighted by Gasteiger charge is 2.36. The van der Waals surface area contributed by atoms with Gasteiger partial charge in [0.2, 0.25) is 0 Å². The van der Waals surface area contributed by atoms with Crippen LogP contribution in [-0.2, 0) is 17.5 Å². The van der Waals surface area contributed by atoms with Gasteiger partial charge in [-0.2, -0.15) is 18.3 Å². The van der Waals surface area contributed by atoms with Crippen molar-refractivity contribution in [2.75, 3.05) is 5.32 Å². The monoisotopic (exact) mass is 473 g/mol. The first-order chi connectivity index (χ1) is 15.8. The molecule has 0 fully saturated rings. The Morgan fingerprint density at radius 1 is 1.06 bits per heavy atom. The van der Waals surface area contributed by atoms with E-state index < -0.39 is 29.5 Å². The first kappa shape index (κ1) is 24.8. The number of alkyl halides is 3. The summed E-state index contributed by atoms with van der Waals surface area (Å²) in [7, 11) is 0. The van der Waals surface area contributed by atoms with Crippen LogP contribution in [0.4, 0.5) is 23.7 Å². The van der Waals surface area contributed by atoms with Gasteiger partial charge in [0.25, 0.3) is 5.91 Å². The van der Waals surface area contributed by atoms with Crippen LogP contribution >= 0.6 is 0 Å². The molecular weight excluding hydrogens is 449 g/mol. The lowest BCUT2D eigenvalue weighted by atomic mass is 10.2. The number of anilines is 1. The third-order valence-corrected chi connectivity index (χ3v) is 4.41. The maximum atomic E-state index is 13.4. The minimum absolute atomic E-state index is 0.0635. The van der Waals surface area contributed by atoms with E-state index in [2.05, 4.69) is 22.7 Å². The Hall–Kier alpha value is -3.82. The lowest BCUT2D eigenvalue weighted by Crippen LogP contribution is -2.32. The summed E-state index contributed by atoms with van der Waals surface area (Å²) in [5.74, 6) is -0.772. The van der Waals surface area contributed by atoms with Crippen molar-refractivity contribution in [1.82, 2.24) is 15.1 Å². The molecule has 179 valence electrons. The lowest BCUT2D eigenvalue weighted by Gasteiger charge is -2.19. The fourth-order valence-corrected chi connectivity index (χ4v) is 3.01. The van der Waals surface area contributed by atoms with Gasteiger partial charge < -0.3 is 15.4 Å². The van der Waals surface area contributed by atoms with E-state index in [9.17, 15) is 22.8 Å². The molecule has 7 nitrogen and oxygen atoms in total. The number of ether oxygens (including phenoxy) is 1. The third-order valence-electron chi connectivity index (χ3n) is 4.41. The van der Waals surface area contributed by atoms with E-state index in [-0.39, 0.29) is 17.9 Å². The molecule has 2 amide bonds. The molecule has 0 aliphatic carbocycles. The Morgan fingerprint density at radius 3 is 2.41 bits per heavy atom. The molecule has 0 aliphatic heterocycles. The highest BCUT2D eigenvalue weighted by Crippen LogP contribution is 2.30. The van der Waals surface area contributed by atoms with E-state index in [1.807, 2.05) is 0 Å². The summed E-state index contributed by atoms with van der Waals surface area (Å²) in [5, 5.41) is 8.78. The molecule has 0 saturated heterocycles. The molecule has 0 bridgehead atoms. The molecular formula is C24H24F3N4O3. The molecule has 1 radical (unpaired) electrons. The summed E-state index contributed by atoms with van der Waals surface area (Å²) in [5.41, 5.74) is -0.384. The number of rotatable bonds is 5. The summed E-state index contributed by atoms with van der Waals surface area (Å²) in [6.45, 7) is 9.00. The molecule has 0 spiro atoms. The topological polar surface area (TPSA) is 85.3 Å². The Kier molecular flexibility index (Phi) is 6.99. The SMILES string of the molecule is [CH2]c1cccc(NC(=O)c2cc(C(F)(F)F)nn2-c2cccc(CNC(=O)OC(C)(C)C)c2)c1. The van der Waals surface area contributed by atoms with Crippen LogP contribution in [0.5, 0.6) is 0 Å². The number of hydrogen-bond donors (Lipinski definition) is 2. The molecule has 2 N–H and O–H groups in total. The van der Waals surface area contributed by atoms with Crippen molar-refractivity contribution in [3.05, 3.63) is 84.0 Å². The molecule has 34 heavy (non-hydrogen) atoms.